The highest BCUT2D eigenvalue weighted by Gasteiger charge is 2.35. The number of nitrogens with one attached hydrogen (secondary N) is 1. The van der Waals surface area contributed by atoms with Gasteiger partial charge in [0.25, 0.3) is 0 Å². The number of carbonyl (C=O) groups is 2. The second-order valence-corrected chi connectivity index (χ2v) is 16.4. The highest BCUT2D eigenvalue weighted by atomic mass is 35.5. The highest BCUT2D eigenvalue weighted by molar-refractivity contribution is 6.42. The maximum absolute atomic E-state index is 14.0. The number of hydrogen-bond acceptors (Lipinski definition) is 6. The number of aromatic nitrogens is 1. The van der Waals surface area contributed by atoms with Gasteiger partial charge in [-0.1, -0.05) is 85.6 Å². The van der Waals surface area contributed by atoms with E-state index in [2.05, 4.69) is 53.3 Å². The molecule has 10 heteroatoms. The zero-order valence-corrected chi connectivity index (χ0v) is 35.1. The average molecular weight is 821 g/mol. The van der Waals surface area contributed by atoms with Gasteiger partial charge in [-0.3, -0.25) is 14.7 Å². The first kappa shape index (κ1) is 41.3. The first-order valence-electron chi connectivity index (χ1n) is 20.3. The van der Waals surface area contributed by atoms with Gasteiger partial charge in [-0.25, -0.2) is 4.79 Å². The number of amides is 1. The molecule has 0 saturated heterocycles. The summed E-state index contributed by atoms with van der Waals surface area (Å²) in [6.45, 7) is 10.1. The Bertz CT molecular complexity index is 2260. The molecule has 2 aliphatic heterocycles. The van der Waals surface area contributed by atoms with Crippen LogP contribution in [0.15, 0.2) is 91.1 Å². The molecular formula is C48H51Cl2N3O5. The van der Waals surface area contributed by atoms with E-state index in [-0.39, 0.29) is 24.3 Å². The number of pyridine rings is 1. The Balaban J connectivity index is 1.02. The minimum Gasteiger partial charge on any atom is -0.493 e. The molecule has 4 aromatic carbocycles. The van der Waals surface area contributed by atoms with Crippen LogP contribution < -0.4 is 14.8 Å². The lowest BCUT2D eigenvalue weighted by Gasteiger charge is -2.37. The van der Waals surface area contributed by atoms with Crippen LogP contribution in [0.5, 0.6) is 11.5 Å². The van der Waals surface area contributed by atoms with Crippen molar-refractivity contribution in [2.75, 3.05) is 13.2 Å². The number of aliphatic carboxylic acids is 1. The number of carboxylic acids is 1. The van der Waals surface area contributed by atoms with E-state index in [0.717, 1.165) is 88.4 Å². The minimum atomic E-state index is -1.06. The van der Waals surface area contributed by atoms with Gasteiger partial charge in [-0.2, -0.15) is 0 Å². The summed E-state index contributed by atoms with van der Waals surface area (Å²) in [4.78, 5) is 33.0. The third-order valence-corrected chi connectivity index (χ3v) is 12.4. The van der Waals surface area contributed by atoms with Crippen molar-refractivity contribution in [2.24, 2.45) is 0 Å². The van der Waals surface area contributed by atoms with Crippen LogP contribution in [-0.2, 0) is 35.4 Å². The third-order valence-electron chi connectivity index (χ3n) is 11.7. The first-order valence-corrected chi connectivity index (χ1v) is 21.0. The highest BCUT2D eigenvalue weighted by Crippen LogP contribution is 2.38. The summed E-state index contributed by atoms with van der Waals surface area (Å²) < 4.78 is 12.7. The molecular weight excluding hydrogens is 769 g/mol. The number of nitrogens with zero attached hydrogens (tertiary/aromatic N) is 2. The summed E-state index contributed by atoms with van der Waals surface area (Å²) in [7, 11) is 0. The van der Waals surface area contributed by atoms with Gasteiger partial charge in [0.2, 0.25) is 5.91 Å². The molecule has 2 aliphatic rings. The lowest BCUT2D eigenvalue weighted by molar-refractivity contribution is -0.142. The van der Waals surface area contributed by atoms with Crippen molar-refractivity contribution in [1.82, 2.24) is 15.2 Å². The number of hydrogen-bond donors (Lipinski definition) is 2. The van der Waals surface area contributed by atoms with Crippen molar-refractivity contribution in [2.45, 2.75) is 96.9 Å². The minimum absolute atomic E-state index is 0.141. The molecule has 1 amide bonds. The van der Waals surface area contributed by atoms with Gasteiger partial charge in [-0.15, -0.1) is 0 Å². The molecule has 0 radical (unpaired) electrons. The number of ether oxygens (including phenoxy) is 2. The second-order valence-electron chi connectivity index (χ2n) is 15.6. The third kappa shape index (κ3) is 9.36. The molecule has 302 valence electrons. The molecule has 58 heavy (non-hydrogen) atoms. The number of benzene rings is 4. The molecule has 3 heterocycles. The Morgan fingerprint density at radius 2 is 1.71 bits per heavy atom. The van der Waals surface area contributed by atoms with Crippen molar-refractivity contribution in [3.63, 3.8) is 0 Å². The standard InChI is InChI=1S/C48H51Cl2N3O5/c1-5-20-53-28-38-24-37-23-34(32-11-14-39(15-12-32)58-45(6-2)35-13-16-41(49)42(50)25-35)18-21-57-46(37)27-36(38)26-44(53)47(54)52-43(48(55)56)22-31-7-9-33(10-8-31)40-17-19-51-30(4)29(40)3/h7-17,19,24-25,27,34,43-45H,5-6,18,20-23,26,28H2,1-4H3,(H,52,54)(H,55,56)/t34-,43+,44+,45-/m1/s1. The van der Waals surface area contributed by atoms with E-state index in [1.807, 2.05) is 68.4 Å². The maximum atomic E-state index is 14.0. The van der Waals surface area contributed by atoms with E-state index < -0.39 is 18.1 Å². The van der Waals surface area contributed by atoms with Gasteiger partial charge in [0.15, 0.2) is 0 Å². The SMILES string of the molecule is CCCN1Cc2cc3c(cc2C[C@H]1C(=O)N[C@@H](Cc1ccc(-c2ccnc(C)c2C)cc1)C(=O)O)OCC[C@@H](c1ccc(O[C@H](CC)c2ccc(Cl)c(Cl)c2)cc1)C3. The lowest BCUT2D eigenvalue weighted by Crippen LogP contribution is -2.54. The van der Waals surface area contributed by atoms with Gasteiger partial charge in [0.05, 0.1) is 22.7 Å². The van der Waals surface area contributed by atoms with E-state index in [0.29, 0.717) is 29.6 Å². The fourth-order valence-corrected chi connectivity index (χ4v) is 8.63. The second kappa shape index (κ2) is 18.4. The number of aryl methyl sites for hydroxylation is 1. The number of fused-ring (bicyclic) bond motifs is 2. The zero-order chi connectivity index (χ0) is 40.9. The number of carboxylic acid groups (broad SMARTS) is 1. The molecule has 8 nitrogen and oxygen atoms in total. The van der Waals surface area contributed by atoms with Gasteiger partial charge in [0.1, 0.15) is 23.6 Å². The van der Waals surface area contributed by atoms with E-state index in [1.54, 1.807) is 12.3 Å². The fourth-order valence-electron chi connectivity index (χ4n) is 8.32. The summed E-state index contributed by atoms with van der Waals surface area (Å²) in [5, 5.41) is 14.2. The Labute approximate surface area is 351 Å². The smallest absolute Gasteiger partial charge is 0.326 e. The molecule has 0 spiro atoms. The van der Waals surface area contributed by atoms with Crippen LogP contribution >= 0.6 is 23.2 Å². The fraction of sp³-hybridized carbons (Fsp3) is 0.354. The monoisotopic (exact) mass is 819 g/mol. The van der Waals surface area contributed by atoms with Gasteiger partial charge in [-0.05, 0) is 145 Å². The van der Waals surface area contributed by atoms with Crippen LogP contribution in [0.3, 0.4) is 0 Å². The summed E-state index contributed by atoms with van der Waals surface area (Å²) >= 11 is 12.4. The van der Waals surface area contributed by atoms with Crippen molar-refractivity contribution < 1.29 is 24.2 Å². The van der Waals surface area contributed by atoms with Crippen LogP contribution in [0.4, 0.5) is 0 Å². The largest absolute Gasteiger partial charge is 0.493 e. The van der Waals surface area contributed by atoms with Gasteiger partial charge >= 0.3 is 5.97 Å². The maximum Gasteiger partial charge on any atom is 0.326 e. The number of halogens is 2. The topological polar surface area (TPSA) is 101 Å². The lowest BCUT2D eigenvalue weighted by atomic mass is 9.86. The Hall–Kier alpha value is -4.89. The average Bonchev–Trinajstić information content (AvgIpc) is 3.43. The molecule has 7 rings (SSSR count). The molecule has 2 N–H and O–H groups in total. The van der Waals surface area contributed by atoms with Crippen molar-refractivity contribution in [3.05, 3.63) is 146 Å². The Kier molecular flexibility index (Phi) is 13.1. The molecule has 4 atom stereocenters. The molecule has 5 aromatic rings. The van der Waals surface area contributed by atoms with Gasteiger partial charge in [0, 0.05) is 24.9 Å². The predicted octanol–water partition coefficient (Wildman–Crippen LogP) is 10.3. The number of rotatable bonds is 13. The summed E-state index contributed by atoms with van der Waals surface area (Å²) in [6.07, 6.45) is 5.68. The number of carbonyl (C=O) groups excluding carboxylic acids is 1. The molecule has 0 saturated carbocycles. The zero-order valence-electron chi connectivity index (χ0n) is 33.6. The quantitative estimate of drug-likeness (QED) is 0.122. The summed E-state index contributed by atoms with van der Waals surface area (Å²) in [6, 6.07) is 26.7. The molecule has 0 fully saturated rings. The first-order chi connectivity index (χ1) is 28.0. The van der Waals surface area contributed by atoms with Crippen molar-refractivity contribution in [1.29, 1.82) is 0 Å². The summed E-state index contributed by atoms with van der Waals surface area (Å²) in [5.41, 5.74) is 10.7. The van der Waals surface area contributed by atoms with Crippen LogP contribution in [0.2, 0.25) is 10.0 Å². The predicted molar refractivity (Wildman–Crippen MR) is 230 cm³/mol. The van der Waals surface area contributed by atoms with Crippen molar-refractivity contribution in [3.8, 4) is 22.6 Å². The van der Waals surface area contributed by atoms with Crippen LogP contribution in [0.1, 0.15) is 89.8 Å². The normalized spacial score (nSPS) is 17.6. The Morgan fingerprint density at radius 1 is 0.931 bits per heavy atom. The van der Waals surface area contributed by atoms with E-state index >= 15 is 0 Å². The molecule has 0 unspecified atom stereocenters. The molecule has 0 aliphatic carbocycles. The van der Waals surface area contributed by atoms with E-state index in [4.69, 9.17) is 32.7 Å². The van der Waals surface area contributed by atoms with Gasteiger partial charge < -0.3 is 19.9 Å². The van der Waals surface area contributed by atoms with E-state index in [1.165, 1.54) is 11.1 Å². The summed E-state index contributed by atoms with van der Waals surface area (Å²) in [5.74, 6) is 0.607. The van der Waals surface area contributed by atoms with Crippen LogP contribution in [0.25, 0.3) is 11.1 Å². The molecule has 0 bridgehead atoms. The Morgan fingerprint density at radius 3 is 2.41 bits per heavy atom. The van der Waals surface area contributed by atoms with E-state index in [9.17, 15) is 14.7 Å². The van der Waals surface area contributed by atoms with Crippen molar-refractivity contribution >= 4 is 35.1 Å². The molecule has 1 aromatic heterocycles. The van der Waals surface area contributed by atoms with Crippen LogP contribution in [0, 0.1) is 13.8 Å². The van der Waals surface area contributed by atoms with Crippen LogP contribution in [-0.4, -0.2) is 52.1 Å².